The highest BCUT2D eigenvalue weighted by Gasteiger charge is 2.10. The number of hydrogen-bond acceptors (Lipinski definition) is 3. The number of phosphoric ester groups is 1. The van der Waals surface area contributed by atoms with E-state index in [1.807, 2.05) is 0 Å². The number of rotatable bonds is 36. The van der Waals surface area contributed by atoms with Crippen molar-refractivity contribution in [3.05, 3.63) is 0 Å². The summed E-state index contributed by atoms with van der Waals surface area (Å²) in [6.07, 6.45) is 46.8. The second-order valence-corrected chi connectivity index (χ2v) is 15.1. The molecular weight excluding hydrogens is 577 g/mol. The highest BCUT2D eigenvalue weighted by Crippen LogP contribution is 2.34. The SMILES string of the molecule is CCCCCCCCCCCCCCCCCCN(C)CCCCCCCCCCCCCCCCCC.CCOP(=O)(O)O. The molecule has 6 heteroatoms. The van der Waals surface area contributed by atoms with E-state index in [0.29, 0.717) is 0 Å². The van der Waals surface area contributed by atoms with Crippen LogP contribution in [0.25, 0.3) is 0 Å². The summed E-state index contributed by atoms with van der Waals surface area (Å²) in [5.74, 6) is 0. The number of nitrogens with zero attached hydrogens (tertiary/aromatic N) is 1. The first-order chi connectivity index (χ1) is 21.9. The van der Waals surface area contributed by atoms with Gasteiger partial charge in [0.2, 0.25) is 0 Å². The van der Waals surface area contributed by atoms with Crippen LogP contribution in [0.5, 0.6) is 0 Å². The lowest BCUT2D eigenvalue weighted by Crippen LogP contribution is -2.20. The van der Waals surface area contributed by atoms with Crippen LogP contribution in [0.3, 0.4) is 0 Å². The third kappa shape index (κ3) is 48.6. The molecule has 2 N–H and O–H groups in total. The van der Waals surface area contributed by atoms with Gasteiger partial charge in [0.25, 0.3) is 0 Å². The zero-order valence-corrected chi connectivity index (χ0v) is 32.2. The fourth-order valence-electron chi connectivity index (χ4n) is 6.14. The number of hydrogen-bond donors (Lipinski definition) is 2. The van der Waals surface area contributed by atoms with E-state index in [4.69, 9.17) is 9.79 Å². The summed E-state index contributed by atoms with van der Waals surface area (Å²) in [4.78, 5) is 18.4. The van der Waals surface area contributed by atoms with Crippen molar-refractivity contribution in [2.24, 2.45) is 0 Å². The van der Waals surface area contributed by atoms with E-state index in [0.717, 1.165) is 0 Å². The van der Waals surface area contributed by atoms with Crippen molar-refractivity contribution < 1.29 is 18.9 Å². The summed E-state index contributed by atoms with van der Waals surface area (Å²) in [6, 6.07) is 0. The standard InChI is InChI=1S/C37H77N.C2H7O4P/c1-4-6-8-10-12-14-16-18-20-22-24-26-28-30-32-34-36-38(3)37-35-33-31-29-27-25-23-21-19-17-15-13-11-9-7-5-2;1-2-6-7(3,4)5/h4-37H2,1-3H3;2H2,1H3,(H2,3,4,5). The van der Waals surface area contributed by atoms with Crippen LogP contribution in [0.2, 0.25) is 0 Å². The largest absolute Gasteiger partial charge is 0.469 e. The van der Waals surface area contributed by atoms with Crippen LogP contribution in [0.15, 0.2) is 0 Å². The maximum atomic E-state index is 9.70. The molecule has 274 valence electrons. The van der Waals surface area contributed by atoms with E-state index in [-0.39, 0.29) is 6.61 Å². The molecule has 0 unspecified atom stereocenters. The van der Waals surface area contributed by atoms with Crippen molar-refractivity contribution in [1.29, 1.82) is 0 Å². The molecule has 0 amide bonds. The Labute approximate surface area is 284 Å². The van der Waals surface area contributed by atoms with E-state index >= 15 is 0 Å². The van der Waals surface area contributed by atoms with Crippen LogP contribution in [0, 0.1) is 0 Å². The first-order valence-corrected chi connectivity index (χ1v) is 21.8. The normalized spacial score (nSPS) is 11.7. The van der Waals surface area contributed by atoms with Crippen molar-refractivity contribution in [2.45, 2.75) is 226 Å². The van der Waals surface area contributed by atoms with Crippen molar-refractivity contribution in [3.63, 3.8) is 0 Å². The Morgan fingerprint density at radius 2 is 0.600 bits per heavy atom. The Morgan fingerprint density at radius 3 is 0.756 bits per heavy atom. The molecule has 5 nitrogen and oxygen atoms in total. The van der Waals surface area contributed by atoms with Crippen LogP contribution in [-0.2, 0) is 9.09 Å². The second kappa shape index (κ2) is 40.2. The van der Waals surface area contributed by atoms with Gasteiger partial charge in [-0.05, 0) is 39.9 Å². The minimum Gasteiger partial charge on any atom is -0.306 e. The van der Waals surface area contributed by atoms with Gasteiger partial charge in [-0.3, -0.25) is 4.52 Å². The number of phosphoric acid groups is 1. The van der Waals surface area contributed by atoms with Gasteiger partial charge in [-0.2, -0.15) is 0 Å². The molecule has 0 aromatic carbocycles. The quantitative estimate of drug-likeness (QED) is 0.0516. The first-order valence-electron chi connectivity index (χ1n) is 20.3. The zero-order valence-electron chi connectivity index (χ0n) is 31.4. The van der Waals surface area contributed by atoms with Crippen LogP contribution < -0.4 is 0 Å². The first kappa shape index (κ1) is 47.2. The Hall–Kier alpha value is 0.0700. The van der Waals surface area contributed by atoms with Crippen LogP contribution in [0.1, 0.15) is 226 Å². The summed E-state index contributed by atoms with van der Waals surface area (Å²) in [6.45, 7) is 8.81. The second-order valence-electron chi connectivity index (χ2n) is 13.8. The van der Waals surface area contributed by atoms with Crippen LogP contribution in [-0.4, -0.2) is 41.4 Å². The maximum Gasteiger partial charge on any atom is 0.469 e. The average Bonchev–Trinajstić information content (AvgIpc) is 3.00. The summed E-state index contributed by atoms with van der Waals surface area (Å²) >= 11 is 0. The van der Waals surface area contributed by atoms with Gasteiger partial charge in [-0.1, -0.05) is 206 Å². The maximum absolute atomic E-state index is 9.70. The molecule has 0 atom stereocenters. The van der Waals surface area contributed by atoms with E-state index < -0.39 is 7.82 Å². The van der Waals surface area contributed by atoms with Gasteiger partial charge in [0.15, 0.2) is 0 Å². The van der Waals surface area contributed by atoms with E-state index in [1.165, 1.54) is 225 Å². The topological polar surface area (TPSA) is 70.0 Å². The third-order valence-electron chi connectivity index (χ3n) is 9.08. The highest BCUT2D eigenvalue weighted by atomic mass is 31.2. The van der Waals surface area contributed by atoms with Gasteiger partial charge >= 0.3 is 7.82 Å². The van der Waals surface area contributed by atoms with Crippen molar-refractivity contribution >= 4 is 7.82 Å². The molecule has 0 saturated carbocycles. The van der Waals surface area contributed by atoms with Crippen molar-refractivity contribution in [1.82, 2.24) is 4.90 Å². The molecule has 0 spiro atoms. The molecule has 0 saturated heterocycles. The predicted molar refractivity (Wildman–Crippen MR) is 200 cm³/mol. The van der Waals surface area contributed by atoms with Gasteiger partial charge < -0.3 is 14.7 Å². The van der Waals surface area contributed by atoms with Crippen LogP contribution >= 0.6 is 7.82 Å². The Balaban J connectivity index is 0. The minimum absolute atomic E-state index is 0.0459. The zero-order chi connectivity index (χ0) is 33.5. The van der Waals surface area contributed by atoms with Crippen LogP contribution in [0.4, 0.5) is 0 Å². The predicted octanol–water partition coefficient (Wildman–Crippen LogP) is 13.6. The molecule has 0 aliphatic carbocycles. The van der Waals surface area contributed by atoms with Gasteiger partial charge in [0.05, 0.1) is 6.61 Å². The van der Waals surface area contributed by atoms with Gasteiger partial charge in [0, 0.05) is 0 Å². The van der Waals surface area contributed by atoms with E-state index in [2.05, 4.69) is 30.3 Å². The highest BCUT2D eigenvalue weighted by molar-refractivity contribution is 7.46. The molecular formula is C39H84NO4P. The van der Waals surface area contributed by atoms with Crippen molar-refractivity contribution in [2.75, 3.05) is 26.7 Å². The molecule has 0 fully saturated rings. The van der Waals surface area contributed by atoms with E-state index in [1.54, 1.807) is 0 Å². The van der Waals surface area contributed by atoms with Gasteiger partial charge in [-0.25, -0.2) is 4.57 Å². The molecule has 0 bridgehead atoms. The molecule has 0 heterocycles. The molecule has 0 aliphatic rings. The summed E-state index contributed by atoms with van der Waals surface area (Å²) < 4.78 is 13.6. The molecule has 0 aromatic heterocycles. The van der Waals surface area contributed by atoms with Gasteiger partial charge in [-0.15, -0.1) is 0 Å². The number of unbranched alkanes of at least 4 members (excludes halogenated alkanes) is 30. The van der Waals surface area contributed by atoms with Gasteiger partial charge in [0.1, 0.15) is 0 Å². The lowest BCUT2D eigenvalue weighted by atomic mass is 10.0. The molecule has 0 radical (unpaired) electrons. The Morgan fingerprint density at radius 1 is 0.400 bits per heavy atom. The molecule has 45 heavy (non-hydrogen) atoms. The summed E-state index contributed by atoms with van der Waals surface area (Å²) in [7, 11) is -1.82. The van der Waals surface area contributed by atoms with Crippen molar-refractivity contribution in [3.8, 4) is 0 Å². The third-order valence-corrected chi connectivity index (χ3v) is 9.68. The lowest BCUT2D eigenvalue weighted by Gasteiger charge is -2.16. The monoisotopic (exact) mass is 662 g/mol. The molecule has 0 rings (SSSR count). The molecule has 0 aliphatic heterocycles. The Bertz CT molecular complexity index is 535. The smallest absolute Gasteiger partial charge is 0.306 e. The summed E-state index contributed by atoms with van der Waals surface area (Å²) in [5.41, 5.74) is 0. The lowest BCUT2D eigenvalue weighted by molar-refractivity contribution is 0.206. The molecule has 0 aromatic rings. The Kier molecular flexibility index (Phi) is 42.2. The van der Waals surface area contributed by atoms with E-state index in [9.17, 15) is 4.57 Å². The fourth-order valence-corrected chi connectivity index (χ4v) is 6.48. The summed E-state index contributed by atoms with van der Waals surface area (Å²) in [5, 5.41) is 0. The average molecular weight is 662 g/mol. The minimum atomic E-state index is -4.17. The fraction of sp³-hybridized carbons (Fsp3) is 1.00.